The first-order valence-electron chi connectivity index (χ1n) is 8.27. The van der Waals surface area contributed by atoms with Crippen LogP contribution in [0.3, 0.4) is 0 Å². The lowest BCUT2D eigenvalue weighted by Gasteiger charge is -2.16. The maximum absolute atomic E-state index is 14.5. The van der Waals surface area contributed by atoms with Gasteiger partial charge in [0.2, 0.25) is 0 Å². The monoisotopic (exact) mass is 341 g/mol. The standard InChI is InChI=1S/C18H23F2S2/c1-12-4-2-5-13(7-6-12)14-10-15(19)17(16(20)11-14)18-21-8-3-9-22-18/h10-13H,2-9H2,1H3/q+1. The van der Waals surface area contributed by atoms with Crippen LogP contribution in [0, 0.1) is 17.6 Å². The zero-order valence-electron chi connectivity index (χ0n) is 13.0. The summed E-state index contributed by atoms with van der Waals surface area (Å²) in [4.78, 5) is 0. The van der Waals surface area contributed by atoms with E-state index in [1.807, 2.05) is 0 Å². The molecule has 2 atom stereocenters. The summed E-state index contributed by atoms with van der Waals surface area (Å²) in [5.41, 5.74) is 1.07. The van der Waals surface area contributed by atoms with E-state index in [2.05, 4.69) is 6.92 Å². The van der Waals surface area contributed by atoms with E-state index < -0.39 is 0 Å². The average Bonchev–Trinajstić information content (AvgIpc) is 2.72. The largest absolute Gasteiger partial charge is 0.270 e. The lowest BCUT2D eigenvalue weighted by Crippen LogP contribution is -2.12. The van der Waals surface area contributed by atoms with Crippen LogP contribution in [-0.4, -0.2) is 15.7 Å². The van der Waals surface area contributed by atoms with Gasteiger partial charge in [-0.15, -0.1) is 0 Å². The molecule has 1 heterocycles. The lowest BCUT2D eigenvalue weighted by molar-refractivity contribution is 0.498. The second kappa shape index (κ2) is 7.39. The minimum absolute atomic E-state index is 0.209. The van der Waals surface area contributed by atoms with E-state index in [4.69, 9.17) is 0 Å². The van der Waals surface area contributed by atoms with Crippen molar-refractivity contribution in [3.63, 3.8) is 0 Å². The molecule has 0 aromatic heterocycles. The summed E-state index contributed by atoms with van der Waals surface area (Å²) in [5, 5.41) is 0. The van der Waals surface area contributed by atoms with Gasteiger partial charge in [0.1, 0.15) is 17.2 Å². The molecule has 1 saturated carbocycles. The molecule has 0 N–H and O–H groups in total. The third kappa shape index (κ3) is 3.70. The number of hydrogen-bond donors (Lipinski definition) is 0. The van der Waals surface area contributed by atoms with Gasteiger partial charge >= 0.3 is 0 Å². The van der Waals surface area contributed by atoms with Crippen molar-refractivity contribution < 1.29 is 8.78 Å². The highest BCUT2D eigenvalue weighted by Crippen LogP contribution is 2.35. The molecule has 22 heavy (non-hydrogen) atoms. The molecule has 0 radical (unpaired) electrons. The van der Waals surface area contributed by atoms with E-state index in [1.165, 1.54) is 19.3 Å². The molecule has 0 saturated heterocycles. The summed E-state index contributed by atoms with van der Waals surface area (Å²) in [6, 6.07) is 3.20. The molecule has 3 rings (SSSR count). The van der Waals surface area contributed by atoms with Crippen molar-refractivity contribution in [3.05, 3.63) is 34.9 Å². The van der Waals surface area contributed by atoms with E-state index in [9.17, 15) is 8.78 Å². The highest BCUT2D eigenvalue weighted by Gasteiger charge is 2.28. The van der Waals surface area contributed by atoms with Gasteiger partial charge in [-0.25, -0.2) is 8.78 Å². The van der Waals surface area contributed by atoms with E-state index in [0.717, 1.165) is 46.4 Å². The Kier molecular flexibility index (Phi) is 5.50. The Morgan fingerprint density at radius 2 is 1.82 bits per heavy atom. The lowest BCUT2D eigenvalue weighted by atomic mass is 9.90. The molecule has 0 amide bonds. The van der Waals surface area contributed by atoms with Gasteiger partial charge in [-0.3, -0.25) is 0 Å². The van der Waals surface area contributed by atoms with Crippen LogP contribution in [-0.2, 0) is 11.4 Å². The molecule has 1 fully saturated rings. The van der Waals surface area contributed by atoms with Crippen LogP contribution in [0.4, 0.5) is 8.78 Å². The Bertz CT molecular complexity index is 545. The highest BCUT2D eigenvalue weighted by molar-refractivity contribution is 8.23. The molecule has 1 aromatic carbocycles. The van der Waals surface area contributed by atoms with Gasteiger partial charge < -0.3 is 0 Å². The van der Waals surface area contributed by atoms with Crippen molar-refractivity contribution in [2.75, 3.05) is 11.5 Å². The maximum atomic E-state index is 14.5. The molecule has 0 bridgehead atoms. The van der Waals surface area contributed by atoms with Gasteiger partial charge in [-0.05, 0) is 42.4 Å². The first-order chi connectivity index (χ1) is 10.6. The maximum Gasteiger partial charge on any atom is 0.270 e. The zero-order valence-corrected chi connectivity index (χ0v) is 14.7. The number of thioether (sulfide) groups is 1. The third-order valence-electron chi connectivity index (χ3n) is 4.75. The van der Waals surface area contributed by atoms with E-state index >= 15 is 0 Å². The second-order valence-corrected chi connectivity index (χ2v) is 8.98. The minimum atomic E-state index is -0.371. The quantitative estimate of drug-likeness (QED) is 0.397. The van der Waals surface area contributed by atoms with Crippen molar-refractivity contribution >= 4 is 27.3 Å². The Morgan fingerprint density at radius 1 is 1.05 bits per heavy atom. The fraction of sp³-hybridized carbons (Fsp3) is 0.611. The Hall–Kier alpha value is -0.480. The molecule has 1 aliphatic heterocycles. The SMILES string of the molecule is CC1CCCC(c2cc(F)c(C3=[S+]CCCS3)c(F)c2)CC1. The molecule has 0 spiro atoms. The van der Waals surface area contributed by atoms with Crippen LogP contribution < -0.4 is 0 Å². The van der Waals surface area contributed by atoms with E-state index in [0.29, 0.717) is 5.92 Å². The Morgan fingerprint density at radius 3 is 2.50 bits per heavy atom. The molecule has 1 aliphatic carbocycles. The molecule has 2 aliphatic rings. The van der Waals surface area contributed by atoms with E-state index in [1.54, 1.807) is 35.2 Å². The normalized spacial score (nSPS) is 26.4. The van der Waals surface area contributed by atoms with Crippen LogP contribution in [0.15, 0.2) is 12.1 Å². The number of hydrogen-bond acceptors (Lipinski definition) is 1. The van der Waals surface area contributed by atoms with Crippen molar-refractivity contribution in [2.45, 2.75) is 51.4 Å². The first-order valence-corrected chi connectivity index (χ1v) is 10.2. The first kappa shape index (κ1) is 16.4. The summed E-state index contributed by atoms with van der Waals surface area (Å²) < 4.78 is 29.9. The topological polar surface area (TPSA) is 0 Å². The van der Waals surface area contributed by atoms with Gasteiger partial charge in [-0.1, -0.05) is 37.9 Å². The van der Waals surface area contributed by atoms with Crippen LogP contribution >= 0.6 is 11.8 Å². The Balaban J connectivity index is 1.87. The van der Waals surface area contributed by atoms with Crippen molar-refractivity contribution in [3.8, 4) is 0 Å². The third-order valence-corrected chi connectivity index (χ3v) is 7.38. The number of rotatable bonds is 2. The summed E-state index contributed by atoms with van der Waals surface area (Å²) in [6.07, 6.45) is 6.80. The molecular formula is C18H23F2S2+. The predicted octanol–water partition coefficient (Wildman–Crippen LogP) is 5.35. The molecule has 2 unspecified atom stereocenters. The summed E-state index contributed by atoms with van der Waals surface area (Å²) in [5.74, 6) is 2.24. The molecular weight excluding hydrogens is 318 g/mol. The zero-order chi connectivity index (χ0) is 15.5. The van der Waals surface area contributed by atoms with Crippen molar-refractivity contribution in [2.24, 2.45) is 5.92 Å². The Labute approximate surface area is 140 Å². The summed E-state index contributed by atoms with van der Waals surface area (Å²) in [7, 11) is 0. The van der Waals surface area contributed by atoms with Gasteiger partial charge in [0, 0.05) is 12.2 Å². The fourth-order valence-electron chi connectivity index (χ4n) is 3.42. The smallest absolute Gasteiger partial charge is 0.206 e. The van der Waals surface area contributed by atoms with E-state index in [-0.39, 0.29) is 17.2 Å². The van der Waals surface area contributed by atoms with Gasteiger partial charge in [-0.2, -0.15) is 0 Å². The molecule has 4 heteroatoms. The van der Waals surface area contributed by atoms with Crippen LogP contribution in [0.2, 0.25) is 0 Å². The fourth-order valence-corrected chi connectivity index (χ4v) is 6.06. The molecule has 1 aromatic rings. The molecule has 120 valence electrons. The van der Waals surface area contributed by atoms with Gasteiger partial charge in [0.05, 0.1) is 0 Å². The van der Waals surface area contributed by atoms with Crippen molar-refractivity contribution in [1.82, 2.24) is 0 Å². The number of halogens is 2. The van der Waals surface area contributed by atoms with Crippen molar-refractivity contribution in [1.29, 1.82) is 0 Å². The van der Waals surface area contributed by atoms with Crippen LogP contribution in [0.25, 0.3) is 0 Å². The summed E-state index contributed by atoms with van der Waals surface area (Å²) >= 11 is 3.18. The molecule has 0 nitrogen and oxygen atoms in total. The highest BCUT2D eigenvalue weighted by atomic mass is 32.2. The predicted molar refractivity (Wildman–Crippen MR) is 94.8 cm³/mol. The average molecular weight is 342 g/mol. The van der Waals surface area contributed by atoms with Gasteiger partial charge in [0.15, 0.2) is 17.1 Å². The number of benzene rings is 1. The summed E-state index contributed by atoms with van der Waals surface area (Å²) in [6.45, 7) is 2.28. The van der Waals surface area contributed by atoms with Gasteiger partial charge in [0.25, 0.3) is 4.20 Å². The minimum Gasteiger partial charge on any atom is -0.206 e. The second-order valence-electron chi connectivity index (χ2n) is 6.51. The van der Waals surface area contributed by atoms with Crippen LogP contribution in [0.5, 0.6) is 0 Å². The van der Waals surface area contributed by atoms with Crippen LogP contribution in [0.1, 0.15) is 62.5 Å².